The lowest BCUT2D eigenvalue weighted by Crippen LogP contribution is -2.34. The summed E-state index contributed by atoms with van der Waals surface area (Å²) in [4.78, 5) is 20.1. The number of hydrogen-bond donors (Lipinski definition) is 2. The highest BCUT2D eigenvalue weighted by atomic mass is 31.2. The minimum atomic E-state index is -5.03. The van der Waals surface area contributed by atoms with Gasteiger partial charge in [-0.1, -0.05) is 44.2 Å². The first-order chi connectivity index (χ1) is 11.2. The molecule has 2 aromatic rings. The first kappa shape index (κ1) is 18.7. The van der Waals surface area contributed by atoms with Crippen LogP contribution in [0, 0.1) is 17.6 Å². The smallest absolute Gasteiger partial charge is 0.353 e. The van der Waals surface area contributed by atoms with Gasteiger partial charge in [-0.15, -0.1) is 0 Å². The van der Waals surface area contributed by atoms with Crippen molar-refractivity contribution in [2.75, 3.05) is 6.61 Å². The van der Waals surface area contributed by atoms with Gasteiger partial charge in [0.1, 0.15) is 11.6 Å². The molecule has 0 fully saturated rings. The van der Waals surface area contributed by atoms with Crippen LogP contribution >= 0.6 is 7.60 Å². The van der Waals surface area contributed by atoms with Gasteiger partial charge in [-0.3, -0.25) is 4.57 Å². The summed E-state index contributed by atoms with van der Waals surface area (Å²) >= 11 is 0. The molecular weight excluding hydrogens is 337 g/mol. The Morgan fingerprint density at radius 3 is 2.17 bits per heavy atom. The first-order valence-corrected chi connectivity index (χ1v) is 9.00. The van der Waals surface area contributed by atoms with E-state index in [1.165, 1.54) is 30.3 Å². The molecule has 2 aromatic carbocycles. The number of hydrogen-bond acceptors (Lipinski definition) is 2. The van der Waals surface area contributed by atoms with Crippen molar-refractivity contribution in [3.05, 3.63) is 71.3 Å². The maximum absolute atomic E-state index is 14.4. The Labute approximate surface area is 139 Å². The second-order valence-electron chi connectivity index (χ2n) is 5.88. The molecule has 0 spiro atoms. The molecular formula is C17H19F2O4P. The normalized spacial score (nSPS) is 14.6. The van der Waals surface area contributed by atoms with Crippen LogP contribution in [0.1, 0.15) is 25.0 Å². The highest BCUT2D eigenvalue weighted by molar-refractivity contribution is 7.53. The van der Waals surface area contributed by atoms with Crippen LogP contribution < -0.4 is 0 Å². The highest BCUT2D eigenvalue weighted by Crippen LogP contribution is 2.62. The van der Waals surface area contributed by atoms with Crippen LogP contribution in [-0.4, -0.2) is 16.4 Å². The molecule has 130 valence electrons. The van der Waals surface area contributed by atoms with Crippen molar-refractivity contribution in [2.24, 2.45) is 5.92 Å². The molecule has 0 saturated carbocycles. The summed E-state index contributed by atoms with van der Waals surface area (Å²) in [6.45, 7) is 3.59. The Morgan fingerprint density at radius 2 is 1.67 bits per heavy atom. The summed E-state index contributed by atoms with van der Waals surface area (Å²) in [6.07, 6.45) is 0. The molecule has 0 heterocycles. The van der Waals surface area contributed by atoms with Crippen LogP contribution in [0.4, 0.5) is 8.78 Å². The average molecular weight is 356 g/mol. The molecule has 0 amide bonds. The number of halogens is 2. The van der Waals surface area contributed by atoms with E-state index in [9.17, 15) is 23.1 Å². The van der Waals surface area contributed by atoms with E-state index < -0.39 is 24.6 Å². The predicted octanol–water partition coefficient (Wildman–Crippen LogP) is 4.02. The van der Waals surface area contributed by atoms with Crippen molar-refractivity contribution in [1.29, 1.82) is 0 Å². The lowest BCUT2D eigenvalue weighted by Gasteiger charge is -2.36. The standard InChI is InChI=1S/C17H19F2O4P/c1-12(2)11-23-17(24(20,21)22,13-7-9-14(18)10-8-13)15-5-3-4-6-16(15)19/h3-10,12H,11H2,1-2H3,(H2,20,21,22). The van der Waals surface area contributed by atoms with Gasteiger partial charge in [-0.25, -0.2) is 8.78 Å². The minimum Gasteiger partial charge on any atom is -0.353 e. The summed E-state index contributed by atoms with van der Waals surface area (Å²) in [5, 5.41) is -2.34. The maximum Gasteiger partial charge on any atom is 0.366 e. The third-order valence-corrected chi connectivity index (χ3v) is 4.96. The molecule has 0 aromatic heterocycles. The van der Waals surface area contributed by atoms with Crippen LogP contribution in [0.15, 0.2) is 48.5 Å². The lowest BCUT2D eigenvalue weighted by atomic mass is 9.99. The van der Waals surface area contributed by atoms with Gasteiger partial charge in [0.2, 0.25) is 5.34 Å². The Kier molecular flexibility index (Phi) is 5.56. The molecule has 1 unspecified atom stereocenters. The maximum atomic E-state index is 14.4. The summed E-state index contributed by atoms with van der Waals surface area (Å²) in [7, 11) is -5.03. The third-order valence-electron chi connectivity index (χ3n) is 3.51. The van der Waals surface area contributed by atoms with E-state index in [0.29, 0.717) is 0 Å². The van der Waals surface area contributed by atoms with Crippen LogP contribution in [0.2, 0.25) is 0 Å². The van der Waals surface area contributed by atoms with Gasteiger partial charge < -0.3 is 14.5 Å². The molecule has 7 heteroatoms. The molecule has 0 radical (unpaired) electrons. The van der Waals surface area contributed by atoms with Gasteiger partial charge in [0.05, 0.1) is 6.61 Å². The van der Waals surface area contributed by atoms with Gasteiger partial charge in [-0.2, -0.15) is 0 Å². The van der Waals surface area contributed by atoms with Crippen molar-refractivity contribution in [1.82, 2.24) is 0 Å². The van der Waals surface area contributed by atoms with E-state index in [0.717, 1.165) is 18.2 Å². The lowest BCUT2D eigenvalue weighted by molar-refractivity contribution is 0.00706. The first-order valence-electron chi connectivity index (χ1n) is 7.39. The SMILES string of the molecule is CC(C)COC(c1ccc(F)cc1)(c1ccccc1F)P(=O)(O)O. The Balaban J connectivity index is 2.76. The molecule has 1 atom stereocenters. The van der Waals surface area contributed by atoms with E-state index in [2.05, 4.69) is 0 Å². The van der Waals surface area contributed by atoms with Crippen molar-refractivity contribution in [2.45, 2.75) is 19.2 Å². The van der Waals surface area contributed by atoms with Crippen molar-refractivity contribution in [3.8, 4) is 0 Å². The number of benzene rings is 2. The fraction of sp³-hybridized carbons (Fsp3) is 0.294. The van der Waals surface area contributed by atoms with E-state index in [1.54, 1.807) is 13.8 Å². The predicted molar refractivity (Wildman–Crippen MR) is 86.4 cm³/mol. The van der Waals surface area contributed by atoms with Crippen molar-refractivity contribution < 1.29 is 27.9 Å². The summed E-state index contributed by atoms with van der Waals surface area (Å²) in [5.74, 6) is -1.44. The van der Waals surface area contributed by atoms with Gasteiger partial charge in [0.15, 0.2) is 0 Å². The fourth-order valence-corrected chi connectivity index (χ4v) is 3.65. The second-order valence-corrected chi connectivity index (χ2v) is 7.60. The Hall–Kier alpha value is -1.59. The number of ether oxygens (including phenoxy) is 1. The quantitative estimate of drug-likeness (QED) is 0.768. The van der Waals surface area contributed by atoms with E-state index in [-0.39, 0.29) is 23.7 Å². The number of rotatable bonds is 6. The zero-order valence-electron chi connectivity index (χ0n) is 13.3. The molecule has 0 bridgehead atoms. The van der Waals surface area contributed by atoms with Gasteiger partial charge in [0.25, 0.3) is 0 Å². The van der Waals surface area contributed by atoms with Gasteiger partial charge in [0, 0.05) is 11.1 Å². The van der Waals surface area contributed by atoms with Gasteiger partial charge in [-0.05, 0) is 24.1 Å². The van der Waals surface area contributed by atoms with E-state index >= 15 is 0 Å². The molecule has 0 aliphatic heterocycles. The monoisotopic (exact) mass is 356 g/mol. The summed E-state index contributed by atoms with van der Waals surface area (Å²) in [5.41, 5.74) is -0.298. The third kappa shape index (κ3) is 3.57. The molecule has 2 N–H and O–H groups in total. The largest absolute Gasteiger partial charge is 0.366 e. The van der Waals surface area contributed by atoms with E-state index in [1.807, 2.05) is 0 Å². The van der Waals surface area contributed by atoms with Crippen molar-refractivity contribution in [3.63, 3.8) is 0 Å². The summed E-state index contributed by atoms with van der Waals surface area (Å²) in [6, 6.07) is 9.74. The van der Waals surface area contributed by atoms with Crippen LogP contribution in [0.5, 0.6) is 0 Å². The fourth-order valence-electron chi connectivity index (χ4n) is 2.42. The molecule has 2 rings (SSSR count). The van der Waals surface area contributed by atoms with Crippen LogP contribution in [0.25, 0.3) is 0 Å². The molecule has 0 aliphatic carbocycles. The van der Waals surface area contributed by atoms with Crippen molar-refractivity contribution >= 4 is 7.60 Å². The zero-order valence-corrected chi connectivity index (χ0v) is 14.2. The molecule has 0 saturated heterocycles. The molecule has 0 aliphatic rings. The Morgan fingerprint density at radius 1 is 1.08 bits per heavy atom. The molecule has 24 heavy (non-hydrogen) atoms. The summed E-state index contributed by atoms with van der Waals surface area (Å²) < 4.78 is 45.7. The van der Waals surface area contributed by atoms with Gasteiger partial charge >= 0.3 is 7.60 Å². The topological polar surface area (TPSA) is 66.8 Å². The van der Waals surface area contributed by atoms with Crippen LogP contribution in [-0.2, 0) is 14.6 Å². The average Bonchev–Trinajstić information content (AvgIpc) is 2.49. The zero-order chi connectivity index (χ0) is 18.0. The minimum absolute atomic E-state index is 0.0111. The highest BCUT2D eigenvalue weighted by Gasteiger charge is 2.53. The van der Waals surface area contributed by atoms with E-state index in [4.69, 9.17) is 4.74 Å². The Bertz CT molecular complexity index is 743. The second kappa shape index (κ2) is 7.11. The molecule has 4 nitrogen and oxygen atoms in total. The van der Waals surface area contributed by atoms with Crippen LogP contribution in [0.3, 0.4) is 0 Å².